The molecule has 0 aliphatic heterocycles. The summed E-state index contributed by atoms with van der Waals surface area (Å²) in [5, 5.41) is 7.97. The highest BCUT2D eigenvalue weighted by Crippen LogP contribution is 2.13. The molecular formula is C11H14N4. The molecule has 2 rings (SSSR count). The SMILES string of the molecule is Cc1ccc(-n2cc(CN)nn2)cc1C. The lowest BCUT2D eigenvalue weighted by atomic mass is 10.1. The largest absolute Gasteiger partial charge is 0.325 e. The Balaban J connectivity index is 2.40. The molecule has 0 atom stereocenters. The van der Waals surface area contributed by atoms with Gasteiger partial charge in [0.1, 0.15) is 0 Å². The molecule has 0 bridgehead atoms. The van der Waals surface area contributed by atoms with Crippen LogP contribution in [-0.4, -0.2) is 15.0 Å². The summed E-state index contributed by atoms with van der Waals surface area (Å²) in [4.78, 5) is 0. The summed E-state index contributed by atoms with van der Waals surface area (Å²) < 4.78 is 1.74. The van der Waals surface area contributed by atoms with Crippen molar-refractivity contribution in [3.05, 3.63) is 41.2 Å². The lowest BCUT2D eigenvalue weighted by molar-refractivity contribution is 0.795. The molecule has 0 aliphatic carbocycles. The van der Waals surface area contributed by atoms with Gasteiger partial charge in [-0.3, -0.25) is 0 Å². The number of rotatable bonds is 2. The van der Waals surface area contributed by atoms with Gasteiger partial charge in [0.15, 0.2) is 0 Å². The second-order valence-corrected chi connectivity index (χ2v) is 3.63. The van der Waals surface area contributed by atoms with Gasteiger partial charge in [0.05, 0.1) is 17.6 Å². The van der Waals surface area contributed by atoms with Crippen molar-refractivity contribution in [2.75, 3.05) is 0 Å². The third kappa shape index (κ3) is 1.89. The third-order valence-corrected chi connectivity index (χ3v) is 2.51. The van der Waals surface area contributed by atoms with Crippen molar-refractivity contribution in [2.45, 2.75) is 20.4 Å². The van der Waals surface area contributed by atoms with E-state index in [0.29, 0.717) is 6.54 Å². The maximum Gasteiger partial charge on any atom is 0.0967 e. The first-order valence-electron chi connectivity index (χ1n) is 4.89. The van der Waals surface area contributed by atoms with Crippen LogP contribution in [0.2, 0.25) is 0 Å². The Morgan fingerprint density at radius 1 is 1.27 bits per heavy atom. The summed E-state index contributed by atoms with van der Waals surface area (Å²) in [6.07, 6.45) is 1.85. The lowest BCUT2D eigenvalue weighted by Crippen LogP contribution is -1.96. The number of aryl methyl sites for hydroxylation is 2. The number of aromatic nitrogens is 3. The lowest BCUT2D eigenvalue weighted by Gasteiger charge is -2.03. The summed E-state index contributed by atoms with van der Waals surface area (Å²) in [7, 11) is 0. The molecule has 0 radical (unpaired) electrons. The zero-order valence-corrected chi connectivity index (χ0v) is 8.94. The van der Waals surface area contributed by atoms with Crippen molar-refractivity contribution in [3.63, 3.8) is 0 Å². The zero-order chi connectivity index (χ0) is 10.8. The first-order chi connectivity index (χ1) is 7.20. The van der Waals surface area contributed by atoms with Crippen molar-refractivity contribution in [1.29, 1.82) is 0 Å². The van der Waals surface area contributed by atoms with E-state index in [9.17, 15) is 0 Å². The van der Waals surface area contributed by atoms with Gasteiger partial charge in [0, 0.05) is 6.54 Å². The van der Waals surface area contributed by atoms with Crippen LogP contribution in [-0.2, 0) is 6.54 Å². The van der Waals surface area contributed by atoms with Crippen LogP contribution in [0.3, 0.4) is 0 Å². The monoisotopic (exact) mass is 202 g/mol. The molecular weight excluding hydrogens is 188 g/mol. The predicted octanol–water partition coefficient (Wildman–Crippen LogP) is 1.34. The smallest absolute Gasteiger partial charge is 0.0967 e. The molecule has 4 nitrogen and oxygen atoms in total. The highest BCUT2D eigenvalue weighted by atomic mass is 15.4. The molecule has 0 saturated heterocycles. The molecule has 1 aromatic carbocycles. The van der Waals surface area contributed by atoms with Crippen LogP contribution in [0, 0.1) is 13.8 Å². The van der Waals surface area contributed by atoms with E-state index in [1.165, 1.54) is 11.1 Å². The molecule has 1 heterocycles. The van der Waals surface area contributed by atoms with E-state index in [1.807, 2.05) is 12.3 Å². The number of benzene rings is 1. The van der Waals surface area contributed by atoms with E-state index in [2.05, 4.69) is 36.3 Å². The van der Waals surface area contributed by atoms with Crippen molar-refractivity contribution < 1.29 is 0 Å². The van der Waals surface area contributed by atoms with Gasteiger partial charge < -0.3 is 5.73 Å². The molecule has 0 saturated carbocycles. The van der Waals surface area contributed by atoms with Crippen LogP contribution in [0.4, 0.5) is 0 Å². The maximum absolute atomic E-state index is 5.48. The van der Waals surface area contributed by atoms with E-state index in [0.717, 1.165) is 11.4 Å². The van der Waals surface area contributed by atoms with Crippen molar-refractivity contribution in [1.82, 2.24) is 15.0 Å². The zero-order valence-electron chi connectivity index (χ0n) is 8.94. The fraction of sp³-hybridized carbons (Fsp3) is 0.273. The Hall–Kier alpha value is -1.68. The van der Waals surface area contributed by atoms with E-state index < -0.39 is 0 Å². The Morgan fingerprint density at radius 2 is 2.07 bits per heavy atom. The van der Waals surface area contributed by atoms with Gasteiger partial charge >= 0.3 is 0 Å². The Bertz CT molecular complexity index is 473. The fourth-order valence-electron chi connectivity index (χ4n) is 1.39. The summed E-state index contributed by atoms with van der Waals surface area (Å²) in [5.74, 6) is 0. The topological polar surface area (TPSA) is 56.7 Å². The number of hydrogen-bond donors (Lipinski definition) is 1. The van der Waals surface area contributed by atoms with Crippen molar-refractivity contribution in [2.24, 2.45) is 5.73 Å². The quantitative estimate of drug-likeness (QED) is 0.799. The Kier molecular flexibility index (Phi) is 2.51. The molecule has 0 amide bonds. The molecule has 1 aromatic heterocycles. The fourth-order valence-corrected chi connectivity index (χ4v) is 1.39. The van der Waals surface area contributed by atoms with Crippen LogP contribution in [0.5, 0.6) is 0 Å². The average Bonchev–Trinajstić information content (AvgIpc) is 2.70. The Morgan fingerprint density at radius 3 is 2.67 bits per heavy atom. The minimum atomic E-state index is 0.421. The van der Waals surface area contributed by atoms with E-state index in [1.54, 1.807) is 4.68 Å². The number of hydrogen-bond acceptors (Lipinski definition) is 3. The summed E-state index contributed by atoms with van der Waals surface area (Å²) in [5.41, 5.74) is 9.82. The molecule has 0 spiro atoms. The van der Waals surface area contributed by atoms with E-state index in [4.69, 9.17) is 5.73 Å². The van der Waals surface area contributed by atoms with Crippen LogP contribution < -0.4 is 5.73 Å². The minimum absolute atomic E-state index is 0.421. The van der Waals surface area contributed by atoms with Gasteiger partial charge in [0.25, 0.3) is 0 Å². The molecule has 2 aromatic rings. The van der Waals surface area contributed by atoms with Crippen LogP contribution in [0.1, 0.15) is 16.8 Å². The van der Waals surface area contributed by atoms with Gasteiger partial charge in [-0.25, -0.2) is 4.68 Å². The molecule has 0 unspecified atom stereocenters. The summed E-state index contributed by atoms with van der Waals surface area (Å²) >= 11 is 0. The van der Waals surface area contributed by atoms with Gasteiger partial charge in [-0.1, -0.05) is 11.3 Å². The highest BCUT2D eigenvalue weighted by Gasteiger charge is 2.02. The molecule has 0 fully saturated rings. The van der Waals surface area contributed by atoms with Crippen molar-refractivity contribution >= 4 is 0 Å². The number of nitrogens with zero attached hydrogens (tertiary/aromatic N) is 3. The molecule has 15 heavy (non-hydrogen) atoms. The summed E-state index contributed by atoms with van der Waals surface area (Å²) in [6.45, 7) is 4.59. The maximum atomic E-state index is 5.48. The Labute approximate surface area is 88.7 Å². The van der Waals surface area contributed by atoms with E-state index >= 15 is 0 Å². The van der Waals surface area contributed by atoms with E-state index in [-0.39, 0.29) is 0 Å². The summed E-state index contributed by atoms with van der Waals surface area (Å²) in [6, 6.07) is 6.19. The van der Waals surface area contributed by atoms with Gasteiger partial charge in [0.2, 0.25) is 0 Å². The second kappa shape index (κ2) is 3.82. The van der Waals surface area contributed by atoms with Crippen LogP contribution in [0.25, 0.3) is 5.69 Å². The van der Waals surface area contributed by atoms with Crippen LogP contribution >= 0.6 is 0 Å². The highest BCUT2D eigenvalue weighted by molar-refractivity contribution is 5.38. The average molecular weight is 202 g/mol. The predicted molar refractivity (Wildman–Crippen MR) is 58.7 cm³/mol. The van der Waals surface area contributed by atoms with Gasteiger partial charge in [-0.2, -0.15) is 0 Å². The molecule has 78 valence electrons. The third-order valence-electron chi connectivity index (χ3n) is 2.51. The number of nitrogens with two attached hydrogens (primary N) is 1. The normalized spacial score (nSPS) is 10.6. The van der Waals surface area contributed by atoms with Gasteiger partial charge in [-0.15, -0.1) is 5.10 Å². The molecule has 4 heteroatoms. The standard InChI is InChI=1S/C11H14N4/c1-8-3-4-11(5-9(8)2)15-7-10(6-12)13-14-15/h3-5,7H,6,12H2,1-2H3. The molecule has 2 N–H and O–H groups in total. The first kappa shape index (κ1) is 9.86. The van der Waals surface area contributed by atoms with Gasteiger partial charge in [-0.05, 0) is 37.1 Å². The second-order valence-electron chi connectivity index (χ2n) is 3.63. The molecule has 0 aliphatic rings. The van der Waals surface area contributed by atoms with Crippen LogP contribution in [0.15, 0.2) is 24.4 Å². The first-order valence-corrected chi connectivity index (χ1v) is 4.89. The minimum Gasteiger partial charge on any atom is -0.325 e. The van der Waals surface area contributed by atoms with Crippen molar-refractivity contribution in [3.8, 4) is 5.69 Å².